The summed E-state index contributed by atoms with van der Waals surface area (Å²) in [6.07, 6.45) is 2.97. The van der Waals surface area contributed by atoms with Gasteiger partial charge in [0.2, 0.25) is 0 Å². The third kappa shape index (κ3) is 1.60. The molecule has 1 heterocycles. The first-order valence-electron chi connectivity index (χ1n) is 6.06. The second kappa shape index (κ2) is 2.98. The Bertz CT molecular complexity index is 210. The number of rotatable bonds is 1. The van der Waals surface area contributed by atoms with Crippen LogP contribution in [0.2, 0.25) is 0 Å². The van der Waals surface area contributed by atoms with Crippen LogP contribution in [-0.4, -0.2) is 24.0 Å². The summed E-state index contributed by atoms with van der Waals surface area (Å²) in [4.78, 5) is 2.61. The molecule has 82 valence electrons. The summed E-state index contributed by atoms with van der Waals surface area (Å²) in [5.41, 5.74) is 1.30. The van der Waals surface area contributed by atoms with Gasteiger partial charge >= 0.3 is 0 Å². The van der Waals surface area contributed by atoms with E-state index < -0.39 is 0 Å². The van der Waals surface area contributed by atoms with Gasteiger partial charge in [0.1, 0.15) is 0 Å². The minimum absolute atomic E-state index is 0.545. The van der Waals surface area contributed by atoms with Gasteiger partial charge in [0.15, 0.2) is 0 Å². The highest BCUT2D eigenvalue weighted by Crippen LogP contribution is 2.57. The Kier molecular flexibility index (Phi) is 2.23. The van der Waals surface area contributed by atoms with E-state index in [4.69, 9.17) is 0 Å². The summed E-state index contributed by atoms with van der Waals surface area (Å²) < 4.78 is 0. The molecule has 2 aliphatic rings. The van der Waals surface area contributed by atoms with Gasteiger partial charge in [0.25, 0.3) is 0 Å². The summed E-state index contributed by atoms with van der Waals surface area (Å²) in [7, 11) is 0. The molecule has 0 N–H and O–H groups in total. The summed E-state index contributed by atoms with van der Waals surface area (Å²) in [5, 5.41) is 0. The van der Waals surface area contributed by atoms with Crippen LogP contribution in [0.25, 0.3) is 0 Å². The molecule has 1 aliphatic heterocycles. The van der Waals surface area contributed by atoms with E-state index in [-0.39, 0.29) is 0 Å². The molecular weight excluding hydrogens is 170 g/mol. The van der Waals surface area contributed by atoms with Gasteiger partial charge in [0.05, 0.1) is 0 Å². The molecule has 0 unspecified atom stereocenters. The third-order valence-corrected chi connectivity index (χ3v) is 4.39. The standard InChI is InChI=1S/C13H25N/c1-10(2)14-8-13(9-14)6-11(7-13)12(3,4)5/h10-11H,6-9H2,1-5H3. The molecule has 1 saturated carbocycles. The van der Waals surface area contributed by atoms with Crippen molar-refractivity contribution < 1.29 is 0 Å². The monoisotopic (exact) mass is 195 g/mol. The number of nitrogens with zero attached hydrogens (tertiary/aromatic N) is 1. The van der Waals surface area contributed by atoms with Gasteiger partial charge in [-0.25, -0.2) is 0 Å². The lowest BCUT2D eigenvalue weighted by Crippen LogP contribution is -2.65. The maximum Gasteiger partial charge on any atom is 0.00534 e. The van der Waals surface area contributed by atoms with Crippen LogP contribution in [-0.2, 0) is 0 Å². The van der Waals surface area contributed by atoms with Crippen molar-refractivity contribution in [2.24, 2.45) is 16.7 Å². The highest BCUT2D eigenvalue weighted by Gasteiger charge is 2.54. The summed E-state index contributed by atoms with van der Waals surface area (Å²) in [6.45, 7) is 14.5. The highest BCUT2D eigenvalue weighted by molar-refractivity contribution is 5.06. The van der Waals surface area contributed by atoms with Crippen LogP contribution in [0.1, 0.15) is 47.5 Å². The molecule has 0 aromatic heterocycles. The molecular formula is C13H25N. The van der Waals surface area contributed by atoms with E-state index in [1.807, 2.05) is 0 Å². The molecule has 1 nitrogen and oxygen atoms in total. The third-order valence-electron chi connectivity index (χ3n) is 4.39. The molecule has 1 spiro atoms. The predicted molar refractivity (Wildman–Crippen MR) is 61.3 cm³/mol. The smallest absolute Gasteiger partial charge is 0.00534 e. The Morgan fingerprint density at radius 3 is 2.00 bits per heavy atom. The van der Waals surface area contributed by atoms with Crippen molar-refractivity contribution in [1.29, 1.82) is 0 Å². The van der Waals surface area contributed by atoms with Gasteiger partial charge in [-0.1, -0.05) is 20.8 Å². The minimum atomic E-state index is 0.545. The normalized spacial score (nSPS) is 27.9. The van der Waals surface area contributed by atoms with Crippen molar-refractivity contribution in [1.82, 2.24) is 4.90 Å². The Balaban J connectivity index is 1.80. The van der Waals surface area contributed by atoms with E-state index in [2.05, 4.69) is 39.5 Å². The van der Waals surface area contributed by atoms with Crippen LogP contribution in [0.15, 0.2) is 0 Å². The zero-order chi connectivity index (χ0) is 10.6. The van der Waals surface area contributed by atoms with Crippen LogP contribution in [0.4, 0.5) is 0 Å². The highest BCUT2D eigenvalue weighted by atomic mass is 15.2. The van der Waals surface area contributed by atoms with Crippen LogP contribution < -0.4 is 0 Å². The van der Waals surface area contributed by atoms with Gasteiger partial charge in [-0.3, -0.25) is 4.90 Å². The first-order valence-corrected chi connectivity index (χ1v) is 6.06. The SMILES string of the molecule is CC(C)N1CC2(CC(C(C)(C)C)C2)C1. The molecule has 0 atom stereocenters. The fourth-order valence-electron chi connectivity index (χ4n) is 3.04. The lowest BCUT2D eigenvalue weighted by molar-refractivity contribution is -0.132. The first-order chi connectivity index (χ1) is 6.32. The molecule has 2 rings (SSSR count). The first kappa shape index (κ1) is 10.5. The largest absolute Gasteiger partial charge is 0.300 e. The Hall–Kier alpha value is -0.0400. The lowest BCUT2D eigenvalue weighted by atomic mass is 9.51. The van der Waals surface area contributed by atoms with Crippen LogP contribution in [0, 0.1) is 16.7 Å². The van der Waals surface area contributed by atoms with E-state index in [1.54, 1.807) is 0 Å². The van der Waals surface area contributed by atoms with Crippen LogP contribution in [0.3, 0.4) is 0 Å². The topological polar surface area (TPSA) is 3.24 Å². The Morgan fingerprint density at radius 1 is 1.14 bits per heavy atom. The van der Waals surface area contributed by atoms with E-state index >= 15 is 0 Å². The predicted octanol–water partition coefficient (Wildman–Crippen LogP) is 3.15. The molecule has 0 bridgehead atoms. The van der Waals surface area contributed by atoms with Crippen molar-refractivity contribution in [2.45, 2.75) is 53.5 Å². The second-order valence-electron chi connectivity index (χ2n) is 6.97. The van der Waals surface area contributed by atoms with Crippen molar-refractivity contribution >= 4 is 0 Å². The Morgan fingerprint density at radius 2 is 1.64 bits per heavy atom. The lowest BCUT2D eigenvalue weighted by Gasteiger charge is -2.63. The van der Waals surface area contributed by atoms with Crippen LogP contribution in [0.5, 0.6) is 0 Å². The summed E-state index contributed by atoms with van der Waals surface area (Å²) in [5.74, 6) is 0.983. The van der Waals surface area contributed by atoms with E-state index in [9.17, 15) is 0 Å². The zero-order valence-corrected chi connectivity index (χ0v) is 10.4. The molecule has 0 aromatic carbocycles. The molecule has 14 heavy (non-hydrogen) atoms. The van der Waals surface area contributed by atoms with Gasteiger partial charge in [-0.2, -0.15) is 0 Å². The maximum absolute atomic E-state index is 2.61. The van der Waals surface area contributed by atoms with E-state index in [0.717, 1.165) is 17.4 Å². The second-order valence-corrected chi connectivity index (χ2v) is 6.97. The summed E-state index contributed by atoms with van der Waals surface area (Å²) >= 11 is 0. The average Bonchev–Trinajstić information content (AvgIpc) is 1.74. The van der Waals surface area contributed by atoms with Gasteiger partial charge in [-0.05, 0) is 43.4 Å². The van der Waals surface area contributed by atoms with Gasteiger partial charge in [-0.15, -0.1) is 0 Å². The van der Waals surface area contributed by atoms with E-state index in [1.165, 1.54) is 25.9 Å². The molecule has 0 amide bonds. The fraction of sp³-hybridized carbons (Fsp3) is 1.00. The molecule has 1 heteroatoms. The van der Waals surface area contributed by atoms with Crippen molar-refractivity contribution in [3.05, 3.63) is 0 Å². The average molecular weight is 195 g/mol. The number of hydrogen-bond donors (Lipinski definition) is 0. The fourth-order valence-corrected chi connectivity index (χ4v) is 3.04. The Labute approximate surface area is 88.9 Å². The van der Waals surface area contributed by atoms with E-state index in [0.29, 0.717) is 5.41 Å². The molecule has 2 fully saturated rings. The van der Waals surface area contributed by atoms with Gasteiger partial charge < -0.3 is 0 Å². The molecule has 1 aliphatic carbocycles. The molecule has 1 saturated heterocycles. The van der Waals surface area contributed by atoms with Crippen molar-refractivity contribution in [2.75, 3.05) is 13.1 Å². The number of hydrogen-bond acceptors (Lipinski definition) is 1. The summed E-state index contributed by atoms with van der Waals surface area (Å²) in [6, 6.07) is 0.759. The molecule has 0 aromatic rings. The van der Waals surface area contributed by atoms with Gasteiger partial charge in [0, 0.05) is 19.1 Å². The van der Waals surface area contributed by atoms with Crippen molar-refractivity contribution in [3.8, 4) is 0 Å². The van der Waals surface area contributed by atoms with Crippen molar-refractivity contribution in [3.63, 3.8) is 0 Å². The van der Waals surface area contributed by atoms with Crippen LogP contribution >= 0.6 is 0 Å². The quantitative estimate of drug-likeness (QED) is 0.621. The molecule has 0 radical (unpaired) electrons. The zero-order valence-electron chi connectivity index (χ0n) is 10.4. The minimum Gasteiger partial charge on any atom is -0.300 e. The number of likely N-dealkylation sites (tertiary alicyclic amines) is 1. The maximum atomic E-state index is 2.61.